The minimum atomic E-state index is -4.46. The van der Waals surface area contributed by atoms with E-state index >= 15 is 0 Å². The van der Waals surface area contributed by atoms with E-state index < -0.39 is 73.2 Å². The average Bonchev–Trinajstić information content (AvgIpc) is 3.13. The maximum atomic E-state index is 11.5. The minimum Gasteiger partial charge on any atom is -0.416 e. The predicted octanol–water partition coefficient (Wildman–Crippen LogP) is 6.29. The number of hydrogen-bond acceptors (Lipinski definition) is 15. The Morgan fingerprint density at radius 3 is 0.897 bits per heavy atom. The number of alkyl halides is 5. The van der Waals surface area contributed by atoms with Gasteiger partial charge in [0.2, 0.25) is 0 Å². The topological polar surface area (TPSA) is 170 Å². The van der Waals surface area contributed by atoms with Crippen molar-refractivity contribution in [2.45, 2.75) is 108 Å². The Morgan fingerprint density at radius 1 is 0.500 bits per heavy atom. The summed E-state index contributed by atoms with van der Waals surface area (Å²) >= 11 is 0. The van der Waals surface area contributed by atoms with Crippen molar-refractivity contribution in [3.05, 3.63) is 0 Å². The van der Waals surface area contributed by atoms with Crippen LogP contribution in [0.1, 0.15) is 33.1 Å². The Kier molecular flexibility index (Phi) is 30.1. The van der Waals surface area contributed by atoms with E-state index in [0.29, 0.717) is 43.4 Å². The highest BCUT2D eigenvalue weighted by atomic mass is 28.5. The van der Waals surface area contributed by atoms with Crippen LogP contribution >= 0.6 is 0 Å². The van der Waals surface area contributed by atoms with Crippen LogP contribution in [-0.4, -0.2) is 157 Å². The average molecular weight is 979 g/mol. The van der Waals surface area contributed by atoms with Crippen molar-refractivity contribution in [1.82, 2.24) is 0 Å². The van der Waals surface area contributed by atoms with E-state index in [0.717, 1.165) is 26.2 Å². The summed E-state index contributed by atoms with van der Waals surface area (Å²) in [6.45, 7) is 10.3. The molecular weight excluding hydrogens is 908 g/mol. The molecule has 28 heteroatoms. The van der Waals surface area contributed by atoms with Gasteiger partial charge < -0.3 is 66.2 Å². The van der Waals surface area contributed by atoms with Crippen LogP contribution in [0, 0.1) is 11.8 Å². The molecule has 0 aromatic heterocycles. The van der Waals surface area contributed by atoms with Crippen LogP contribution in [0.25, 0.3) is 0 Å². The molecule has 2 atom stereocenters. The van der Waals surface area contributed by atoms with Gasteiger partial charge in [-0.2, -0.15) is 8.78 Å². The third-order valence-corrected chi connectivity index (χ3v) is 35.1. The summed E-state index contributed by atoms with van der Waals surface area (Å²) in [6.07, 6.45) is -2.27. The molecule has 1 aliphatic rings. The molecule has 16 nitrogen and oxygen atoms in total. The van der Waals surface area contributed by atoms with E-state index in [4.69, 9.17) is 60.7 Å². The molecule has 1 fully saturated rings. The Bertz CT molecular complexity index is 1090. The fourth-order valence-corrected chi connectivity index (χ4v) is 33.5. The van der Waals surface area contributed by atoms with Gasteiger partial charge in [-0.25, -0.2) is 0 Å². The first-order chi connectivity index (χ1) is 26.2. The molecule has 58 heavy (non-hydrogen) atoms. The van der Waals surface area contributed by atoms with E-state index in [2.05, 4.69) is 30.3 Å². The SMILES string of the molecule is CC#CC(C)(F)F.COC(F)(F)F.CO[Si]1(C)O[Si](C)(CCC[Si](OC)(OC)OC)O[Si](C)(CCC[Si](OC)(OC)OC)O[Si](C)(CCC[Si](OC)(OC)OC)O1.O. The Labute approximate surface area is 350 Å². The minimum absolute atomic E-state index is 0. The van der Waals surface area contributed by atoms with Gasteiger partial charge in [-0.1, -0.05) is 0 Å². The van der Waals surface area contributed by atoms with E-state index in [9.17, 15) is 22.0 Å². The lowest BCUT2D eigenvalue weighted by atomic mass is 10.4. The molecule has 0 bridgehead atoms. The molecule has 0 aromatic rings. The molecule has 2 N–H and O–H groups in total. The number of methoxy groups -OCH3 is 1. The Hall–Kier alpha value is 0.0882. The summed E-state index contributed by atoms with van der Waals surface area (Å²) in [5.41, 5.74) is 0. The second-order valence-electron chi connectivity index (χ2n) is 13.2. The summed E-state index contributed by atoms with van der Waals surface area (Å²) in [5.74, 6) is 0.998. The zero-order valence-electron chi connectivity index (χ0n) is 37.4. The molecule has 0 spiro atoms. The number of halogens is 5. The first kappa shape index (κ1) is 62.4. The zero-order chi connectivity index (χ0) is 44.9. The lowest BCUT2D eigenvalue weighted by molar-refractivity contribution is -0.311. The van der Waals surface area contributed by atoms with Crippen LogP contribution in [0.4, 0.5) is 22.0 Å². The first-order valence-corrected chi connectivity index (χ1v) is 33.5. The van der Waals surface area contributed by atoms with Crippen molar-refractivity contribution >= 4 is 60.9 Å². The molecule has 0 saturated carbocycles. The van der Waals surface area contributed by atoms with Crippen molar-refractivity contribution in [3.63, 3.8) is 0 Å². The van der Waals surface area contributed by atoms with Gasteiger partial charge in [0, 0.05) is 110 Å². The van der Waals surface area contributed by atoms with Crippen LogP contribution in [0.15, 0.2) is 0 Å². The van der Waals surface area contributed by atoms with Crippen molar-refractivity contribution in [1.29, 1.82) is 0 Å². The molecule has 1 aliphatic heterocycles. The van der Waals surface area contributed by atoms with E-state index in [1.54, 1.807) is 77.0 Å². The van der Waals surface area contributed by atoms with Crippen molar-refractivity contribution < 1.29 is 92.9 Å². The third kappa shape index (κ3) is 23.5. The number of hydrogen-bond donors (Lipinski definition) is 0. The summed E-state index contributed by atoms with van der Waals surface area (Å²) in [6, 6.07) is 3.87. The van der Waals surface area contributed by atoms with Crippen LogP contribution in [0.5, 0.6) is 0 Å². The Balaban J connectivity index is -0.00000185. The smallest absolute Gasteiger partial charge is 0.416 e. The molecule has 0 radical (unpaired) electrons. The normalized spacial score (nSPS) is 24.4. The fraction of sp³-hybridized carbons (Fsp3) is 0.933. The lowest BCUT2D eigenvalue weighted by Crippen LogP contribution is -2.68. The fourth-order valence-electron chi connectivity index (χ4n) is 5.94. The van der Waals surface area contributed by atoms with Gasteiger partial charge in [0.05, 0.1) is 0 Å². The van der Waals surface area contributed by atoms with E-state index in [-0.39, 0.29) is 5.48 Å². The maximum Gasteiger partial charge on any atom is 0.522 e. The molecule has 0 aliphatic carbocycles. The van der Waals surface area contributed by atoms with Crippen LogP contribution in [-0.2, 0) is 65.5 Å². The maximum absolute atomic E-state index is 11.5. The third-order valence-electron chi connectivity index (χ3n) is 8.75. The van der Waals surface area contributed by atoms with Gasteiger partial charge in [0.1, 0.15) is 0 Å². The largest absolute Gasteiger partial charge is 0.522 e. The highest BCUT2D eigenvalue weighted by Crippen LogP contribution is 2.39. The number of ether oxygens (including phenoxy) is 1. The zero-order valence-corrected chi connectivity index (χ0v) is 44.4. The first-order valence-electron chi connectivity index (χ1n) is 17.9. The van der Waals surface area contributed by atoms with Crippen LogP contribution in [0.3, 0.4) is 0 Å². The standard InChI is InChI=1S/C23H60O14Si7.C5H6F2.C2H3F3O.H2O/c1-24-41(14)36-39(12,19-16-22-43(28-5,29-6)30-7)34-38(11,18-15-21-42(25-2,26-3)27-4)35-40(13,37-41)20-17-23-44(31-8,32-9)33-10;1-3-4-5(2,6)7;1-6-2(3,4)5;/h15-23H2,1-14H3;1-2H3;1H3;1H2. The molecule has 1 saturated heterocycles. The highest BCUT2D eigenvalue weighted by Gasteiger charge is 2.58. The molecule has 1 rings (SSSR count). The molecule has 2 unspecified atom stereocenters. The van der Waals surface area contributed by atoms with Crippen molar-refractivity contribution in [3.8, 4) is 11.8 Å². The summed E-state index contributed by atoms with van der Waals surface area (Å²) in [7, 11) is -3.44. The molecule has 350 valence electrons. The second kappa shape index (κ2) is 28.0. The van der Waals surface area contributed by atoms with Crippen molar-refractivity contribution in [2.24, 2.45) is 0 Å². The van der Waals surface area contributed by atoms with Gasteiger partial charge >= 0.3 is 73.2 Å². The number of rotatable bonds is 22. The summed E-state index contributed by atoms with van der Waals surface area (Å²) in [5, 5.41) is 0. The van der Waals surface area contributed by atoms with Gasteiger partial charge in [0.25, 0.3) is 0 Å². The monoisotopic (exact) mass is 978 g/mol. The molecule has 1 heterocycles. The molecule has 0 aromatic carbocycles. The quantitative estimate of drug-likeness (QED) is 0.0673. The van der Waals surface area contributed by atoms with Crippen molar-refractivity contribution in [2.75, 3.05) is 78.2 Å². The summed E-state index contributed by atoms with van der Waals surface area (Å²) < 4.78 is 143. The highest BCUT2D eigenvalue weighted by molar-refractivity contribution is 6.92. The molecular formula is C30H71F5O16Si7. The predicted molar refractivity (Wildman–Crippen MR) is 222 cm³/mol. The van der Waals surface area contributed by atoms with E-state index in [1.807, 2.05) is 6.55 Å². The second-order valence-corrected chi connectivity index (χ2v) is 36.2. The Morgan fingerprint density at radius 2 is 0.741 bits per heavy atom. The van der Waals surface area contributed by atoms with Crippen LogP contribution < -0.4 is 0 Å². The molecule has 0 amide bonds. The summed E-state index contributed by atoms with van der Waals surface area (Å²) in [4.78, 5) is 0. The van der Waals surface area contributed by atoms with Gasteiger partial charge in [-0.15, -0.1) is 19.1 Å². The van der Waals surface area contributed by atoms with Gasteiger partial charge in [0.15, 0.2) is 0 Å². The van der Waals surface area contributed by atoms with E-state index in [1.165, 1.54) is 6.92 Å². The van der Waals surface area contributed by atoms with Gasteiger partial charge in [-0.05, 0) is 69.9 Å². The van der Waals surface area contributed by atoms with Crippen LogP contribution in [0.2, 0.25) is 62.5 Å². The van der Waals surface area contributed by atoms with Gasteiger partial charge in [-0.3, -0.25) is 4.74 Å². The lowest BCUT2D eigenvalue weighted by Gasteiger charge is -2.49.